The van der Waals surface area contributed by atoms with Gasteiger partial charge in [0.25, 0.3) is 0 Å². The molecule has 0 saturated heterocycles. The van der Waals surface area contributed by atoms with Gasteiger partial charge in [-0.05, 0) is 30.2 Å². The van der Waals surface area contributed by atoms with E-state index in [9.17, 15) is 13.2 Å². The summed E-state index contributed by atoms with van der Waals surface area (Å²) in [5.41, 5.74) is 3.99. The highest BCUT2D eigenvalue weighted by Crippen LogP contribution is 2.16. The molecule has 1 N–H and O–H groups in total. The normalized spacial score (nSPS) is 11.8. The van der Waals surface area contributed by atoms with Crippen molar-refractivity contribution in [2.45, 2.75) is 19.6 Å². The van der Waals surface area contributed by atoms with Gasteiger partial charge in [0, 0.05) is 11.6 Å². The molecular weight excluding hydrogens is 243 g/mol. The zero-order valence-corrected chi connectivity index (χ0v) is 9.32. The van der Waals surface area contributed by atoms with E-state index in [0.29, 0.717) is 5.02 Å². The van der Waals surface area contributed by atoms with Crippen LogP contribution in [0.2, 0.25) is 5.02 Å². The SMILES string of the molecule is Cc1cc(Cl)ccc1CNOCC(F)(F)F. The predicted molar refractivity (Wildman–Crippen MR) is 55.0 cm³/mol. The maximum Gasteiger partial charge on any atom is 0.413 e. The topological polar surface area (TPSA) is 21.3 Å². The molecule has 6 heteroatoms. The third kappa shape index (κ3) is 4.83. The Morgan fingerprint density at radius 2 is 2.06 bits per heavy atom. The molecule has 0 fully saturated rings. The monoisotopic (exact) mass is 253 g/mol. The highest BCUT2D eigenvalue weighted by atomic mass is 35.5. The van der Waals surface area contributed by atoms with E-state index in [4.69, 9.17) is 11.6 Å². The lowest BCUT2D eigenvalue weighted by atomic mass is 10.1. The van der Waals surface area contributed by atoms with Gasteiger partial charge in [0.15, 0.2) is 6.61 Å². The van der Waals surface area contributed by atoms with E-state index in [1.165, 1.54) is 0 Å². The third-order valence-electron chi connectivity index (χ3n) is 1.91. The van der Waals surface area contributed by atoms with Crippen LogP contribution >= 0.6 is 11.6 Å². The molecule has 0 heterocycles. The zero-order chi connectivity index (χ0) is 12.2. The Bertz CT molecular complexity index is 354. The third-order valence-corrected chi connectivity index (χ3v) is 2.14. The van der Waals surface area contributed by atoms with Crippen LogP contribution in [-0.2, 0) is 11.4 Å². The van der Waals surface area contributed by atoms with Gasteiger partial charge in [-0.25, -0.2) is 0 Å². The van der Waals surface area contributed by atoms with Gasteiger partial charge >= 0.3 is 6.18 Å². The van der Waals surface area contributed by atoms with Gasteiger partial charge in [-0.3, -0.25) is 4.84 Å². The fraction of sp³-hybridized carbons (Fsp3) is 0.400. The van der Waals surface area contributed by atoms with Crippen molar-refractivity contribution in [3.63, 3.8) is 0 Å². The van der Waals surface area contributed by atoms with Gasteiger partial charge in [0.05, 0.1) is 0 Å². The van der Waals surface area contributed by atoms with E-state index in [1.54, 1.807) is 18.2 Å². The number of rotatable bonds is 4. The van der Waals surface area contributed by atoms with Crippen LogP contribution in [0.1, 0.15) is 11.1 Å². The smallest absolute Gasteiger partial charge is 0.292 e. The lowest BCUT2D eigenvalue weighted by Crippen LogP contribution is -2.24. The molecule has 0 aromatic heterocycles. The molecule has 1 rings (SSSR count). The molecule has 0 saturated carbocycles. The van der Waals surface area contributed by atoms with Crippen LogP contribution in [0.3, 0.4) is 0 Å². The second-order valence-corrected chi connectivity index (χ2v) is 3.73. The van der Waals surface area contributed by atoms with Crippen molar-refractivity contribution in [1.29, 1.82) is 0 Å². The van der Waals surface area contributed by atoms with Gasteiger partial charge in [0.2, 0.25) is 0 Å². The summed E-state index contributed by atoms with van der Waals surface area (Å²) in [6.07, 6.45) is -4.32. The molecule has 0 bridgehead atoms. The van der Waals surface area contributed by atoms with Gasteiger partial charge in [-0.1, -0.05) is 17.7 Å². The van der Waals surface area contributed by atoms with E-state index in [2.05, 4.69) is 10.3 Å². The number of benzene rings is 1. The average molecular weight is 254 g/mol. The number of nitrogens with one attached hydrogen (secondary N) is 1. The summed E-state index contributed by atoms with van der Waals surface area (Å²) in [5, 5.41) is 0.595. The molecule has 0 radical (unpaired) electrons. The van der Waals surface area contributed by atoms with E-state index in [-0.39, 0.29) is 6.54 Å². The van der Waals surface area contributed by atoms with Crippen LogP contribution in [0.15, 0.2) is 18.2 Å². The Kier molecular flexibility index (Phi) is 4.58. The summed E-state index contributed by atoms with van der Waals surface area (Å²) in [4.78, 5) is 4.28. The van der Waals surface area contributed by atoms with Gasteiger partial charge in [0.1, 0.15) is 0 Å². The van der Waals surface area contributed by atoms with Crippen molar-refractivity contribution in [3.05, 3.63) is 34.3 Å². The molecule has 2 nitrogen and oxygen atoms in total. The molecule has 1 aromatic carbocycles. The highest BCUT2D eigenvalue weighted by molar-refractivity contribution is 6.30. The number of hydroxylamine groups is 1. The first-order valence-electron chi connectivity index (χ1n) is 4.55. The molecule has 0 unspecified atom stereocenters. The van der Waals surface area contributed by atoms with Gasteiger partial charge in [-0.2, -0.15) is 18.7 Å². The Morgan fingerprint density at radius 1 is 1.38 bits per heavy atom. The van der Waals surface area contributed by atoms with Crippen LogP contribution in [0.4, 0.5) is 13.2 Å². The average Bonchev–Trinajstić information content (AvgIpc) is 2.13. The summed E-state index contributed by atoms with van der Waals surface area (Å²) in [6, 6.07) is 5.15. The summed E-state index contributed by atoms with van der Waals surface area (Å²) < 4.78 is 35.2. The Labute approximate surface area is 96.3 Å². The lowest BCUT2D eigenvalue weighted by Gasteiger charge is -2.10. The molecule has 0 aliphatic rings. The molecule has 0 aliphatic heterocycles. The quantitative estimate of drug-likeness (QED) is 0.657. The first-order chi connectivity index (χ1) is 7.38. The maximum atomic E-state index is 11.7. The summed E-state index contributed by atoms with van der Waals surface area (Å²) in [5.74, 6) is 0. The number of alkyl halides is 3. The zero-order valence-electron chi connectivity index (χ0n) is 8.57. The molecule has 0 spiro atoms. The predicted octanol–water partition coefficient (Wildman–Crippen LogP) is 3.23. The molecule has 16 heavy (non-hydrogen) atoms. The molecule has 1 aromatic rings. The number of halogens is 4. The standard InChI is InChI=1S/C10H11ClF3NO/c1-7-4-9(11)3-2-8(7)5-15-16-6-10(12,13)14/h2-4,15H,5-6H2,1H3. The molecule has 90 valence electrons. The van der Waals surface area contributed by atoms with E-state index in [1.807, 2.05) is 6.92 Å². The number of aryl methyl sites for hydroxylation is 1. The van der Waals surface area contributed by atoms with Crippen molar-refractivity contribution in [2.24, 2.45) is 0 Å². The minimum absolute atomic E-state index is 0.207. The fourth-order valence-corrected chi connectivity index (χ4v) is 1.35. The lowest BCUT2D eigenvalue weighted by molar-refractivity contribution is -0.190. The van der Waals surface area contributed by atoms with Crippen LogP contribution in [0, 0.1) is 6.92 Å². The second kappa shape index (κ2) is 5.52. The molecular formula is C10H11ClF3NO. The van der Waals surface area contributed by atoms with Crippen molar-refractivity contribution in [2.75, 3.05) is 6.61 Å². The molecule has 0 aliphatic carbocycles. The van der Waals surface area contributed by atoms with Crippen molar-refractivity contribution >= 4 is 11.6 Å². The van der Waals surface area contributed by atoms with Gasteiger partial charge < -0.3 is 0 Å². The van der Waals surface area contributed by atoms with Crippen LogP contribution in [0.25, 0.3) is 0 Å². The molecule has 0 amide bonds. The number of hydrogen-bond donors (Lipinski definition) is 1. The minimum Gasteiger partial charge on any atom is -0.292 e. The second-order valence-electron chi connectivity index (χ2n) is 3.30. The van der Waals surface area contributed by atoms with Crippen molar-refractivity contribution in [3.8, 4) is 0 Å². The number of hydrogen-bond acceptors (Lipinski definition) is 2. The fourth-order valence-electron chi connectivity index (χ4n) is 1.12. The Balaban J connectivity index is 2.38. The van der Waals surface area contributed by atoms with Gasteiger partial charge in [-0.15, -0.1) is 0 Å². The molecule has 0 atom stereocenters. The van der Waals surface area contributed by atoms with Crippen LogP contribution < -0.4 is 5.48 Å². The maximum absolute atomic E-state index is 11.7. The first kappa shape index (κ1) is 13.3. The summed E-state index contributed by atoms with van der Waals surface area (Å²) >= 11 is 5.74. The first-order valence-corrected chi connectivity index (χ1v) is 4.93. The van der Waals surface area contributed by atoms with Crippen LogP contribution in [0.5, 0.6) is 0 Å². The largest absolute Gasteiger partial charge is 0.413 e. The van der Waals surface area contributed by atoms with Crippen molar-refractivity contribution in [1.82, 2.24) is 5.48 Å². The summed E-state index contributed by atoms with van der Waals surface area (Å²) in [6.45, 7) is 0.728. The van der Waals surface area contributed by atoms with E-state index in [0.717, 1.165) is 11.1 Å². The minimum atomic E-state index is -4.32. The summed E-state index contributed by atoms with van der Waals surface area (Å²) in [7, 11) is 0. The van der Waals surface area contributed by atoms with Crippen LogP contribution in [-0.4, -0.2) is 12.8 Å². The Hall–Kier alpha value is -0.780. The van der Waals surface area contributed by atoms with Crippen molar-refractivity contribution < 1.29 is 18.0 Å². The Morgan fingerprint density at radius 3 is 2.62 bits per heavy atom. The van der Waals surface area contributed by atoms with E-state index >= 15 is 0 Å². The van der Waals surface area contributed by atoms with E-state index < -0.39 is 12.8 Å². The highest BCUT2D eigenvalue weighted by Gasteiger charge is 2.27.